The second kappa shape index (κ2) is 7.39. The van der Waals surface area contributed by atoms with Gasteiger partial charge in [-0.3, -0.25) is 4.72 Å². The molecule has 1 N–H and O–H groups in total. The van der Waals surface area contributed by atoms with E-state index in [0.29, 0.717) is 12.5 Å². The van der Waals surface area contributed by atoms with Crippen molar-refractivity contribution in [2.24, 2.45) is 0 Å². The smallest absolute Gasteiger partial charge is 0.338 e. The summed E-state index contributed by atoms with van der Waals surface area (Å²) in [5.74, 6) is -2.58. The van der Waals surface area contributed by atoms with Crippen LogP contribution in [0.4, 0.5) is 14.5 Å². The summed E-state index contributed by atoms with van der Waals surface area (Å²) in [6.07, 6.45) is 0.687. The highest BCUT2D eigenvalue weighted by Gasteiger charge is 2.20. The Morgan fingerprint density at radius 2 is 1.79 bits per heavy atom. The van der Waals surface area contributed by atoms with Crippen LogP contribution in [-0.4, -0.2) is 21.0 Å². The summed E-state index contributed by atoms with van der Waals surface area (Å²) in [6, 6.07) is 7.64. The molecule has 5 nitrogen and oxygen atoms in total. The zero-order chi connectivity index (χ0) is 17.7. The number of esters is 1. The number of hydrogen-bond donors (Lipinski definition) is 1. The molecule has 0 unspecified atom stereocenters. The Labute approximate surface area is 138 Å². The van der Waals surface area contributed by atoms with Crippen LogP contribution in [0.1, 0.15) is 23.7 Å². The summed E-state index contributed by atoms with van der Waals surface area (Å²) in [6.45, 7) is 2.15. The van der Waals surface area contributed by atoms with Gasteiger partial charge in [-0.2, -0.15) is 0 Å². The first-order valence-corrected chi connectivity index (χ1v) is 8.57. The summed E-state index contributed by atoms with van der Waals surface area (Å²) in [5, 5.41) is 0. The van der Waals surface area contributed by atoms with E-state index in [4.69, 9.17) is 4.74 Å². The van der Waals surface area contributed by atoms with Crippen LogP contribution >= 0.6 is 0 Å². The first kappa shape index (κ1) is 17.9. The fraction of sp³-hybridized carbons (Fsp3) is 0.188. The molecule has 0 aromatic heterocycles. The van der Waals surface area contributed by atoms with Crippen molar-refractivity contribution in [1.82, 2.24) is 0 Å². The van der Waals surface area contributed by atoms with Crippen LogP contribution in [0.15, 0.2) is 47.4 Å². The van der Waals surface area contributed by atoms with Gasteiger partial charge in [-0.25, -0.2) is 22.0 Å². The molecule has 24 heavy (non-hydrogen) atoms. The number of sulfonamides is 1. The van der Waals surface area contributed by atoms with Gasteiger partial charge in [0.15, 0.2) is 0 Å². The van der Waals surface area contributed by atoms with Crippen LogP contribution in [0.25, 0.3) is 0 Å². The first-order chi connectivity index (χ1) is 11.3. The Morgan fingerprint density at radius 3 is 2.38 bits per heavy atom. The molecule has 0 spiro atoms. The molecule has 128 valence electrons. The lowest BCUT2D eigenvalue weighted by molar-refractivity contribution is 0.0505. The number of benzene rings is 2. The van der Waals surface area contributed by atoms with Gasteiger partial charge in [0, 0.05) is 11.8 Å². The van der Waals surface area contributed by atoms with E-state index in [0.717, 1.165) is 12.1 Å². The van der Waals surface area contributed by atoms with Gasteiger partial charge in [-0.05, 0) is 42.8 Å². The molecule has 0 saturated heterocycles. The Balaban J connectivity index is 2.17. The molecular weight excluding hydrogens is 340 g/mol. The van der Waals surface area contributed by atoms with Gasteiger partial charge in [0.05, 0.1) is 12.2 Å². The van der Waals surface area contributed by atoms with Crippen LogP contribution in [-0.2, 0) is 14.8 Å². The molecular formula is C16H15F2NO4S. The minimum atomic E-state index is -4.22. The van der Waals surface area contributed by atoms with Crippen molar-refractivity contribution in [3.8, 4) is 0 Å². The van der Waals surface area contributed by atoms with Gasteiger partial charge in [-0.1, -0.05) is 6.92 Å². The Bertz CT molecular complexity index is 836. The van der Waals surface area contributed by atoms with Crippen molar-refractivity contribution in [3.63, 3.8) is 0 Å². The number of nitrogens with one attached hydrogen (secondary N) is 1. The zero-order valence-electron chi connectivity index (χ0n) is 12.8. The second-order valence-electron chi connectivity index (χ2n) is 4.89. The molecule has 0 saturated carbocycles. The van der Waals surface area contributed by atoms with E-state index < -0.39 is 32.5 Å². The Morgan fingerprint density at radius 1 is 1.12 bits per heavy atom. The fourth-order valence-corrected chi connectivity index (χ4v) is 2.97. The maximum Gasteiger partial charge on any atom is 0.338 e. The zero-order valence-corrected chi connectivity index (χ0v) is 13.6. The topological polar surface area (TPSA) is 72.5 Å². The van der Waals surface area contributed by atoms with Gasteiger partial charge < -0.3 is 4.74 Å². The van der Waals surface area contributed by atoms with Crippen LogP contribution in [0.2, 0.25) is 0 Å². The molecule has 2 rings (SSSR count). The predicted molar refractivity (Wildman–Crippen MR) is 84.2 cm³/mol. The third kappa shape index (κ3) is 4.29. The van der Waals surface area contributed by atoms with Crippen molar-refractivity contribution in [3.05, 3.63) is 59.7 Å². The lowest BCUT2D eigenvalue weighted by Gasteiger charge is -2.09. The van der Waals surface area contributed by atoms with Gasteiger partial charge in [0.2, 0.25) is 0 Å². The molecule has 0 amide bonds. The van der Waals surface area contributed by atoms with E-state index in [1.165, 1.54) is 24.3 Å². The van der Waals surface area contributed by atoms with Crippen molar-refractivity contribution in [2.75, 3.05) is 11.3 Å². The van der Waals surface area contributed by atoms with Gasteiger partial charge in [0.1, 0.15) is 16.5 Å². The minimum Gasteiger partial charge on any atom is -0.462 e. The SMILES string of the molecule is CCCOC(=O)c1ccc(NS(=O)(=O)c2ccc(F)cc2F)cc1. The summed E-state index contributed by atoms with van der Waals surface area (Å²) >= 11 is 0. The number of carbonyl (C=O) groups excluding carboxylic acids is 1. The standard InChI is InChI=1S/C16H15F2NO4S/c1-2-9-23-16(20)11-3-6-13(7-4-11)19-24(21,22)15-8-5-12(17)10-14(15)18/h3-8,10,19H,2,9H2,1H3. The molecule has 0 fully saturated rings. The third-order valence-electron chi connectivity index (χ3n) is 2.99. The molecule has 2 aromatic carbocycles. The average molecular weight is 355 g/mol. The van der Waals surface area contributed by atoms with Crippen molar-refractivity contribution in [2.45, 2.75) is 18.2 Å². The van der Waals surface area contributed by atoms with Crippen molar-refractivity contribution >= 4 is 21.7 Å². The van der Waals surface area contributed by atoms with E-state index in [-0.39, 0.29) is 17.9 Å². The number of halogens is 2. The van der Waals surface area contributed by atoms with Gasteiger partial charge >= 0.3 is 5.97 Å². The van der Waals surface area contributed by atoms with Crippen molar-refractivity contribution in [1.29, 1.82) is 0 Å². The molecule has 0 atom stereocenters. The normalized spacial score (nSPS) is 11.1. The van der Waals surface area contributed by atoms with Crippen LogP contribution in [0, 0.1) is 11.6 Å². The number of ether oxygens (including phenoxy) is 1. The van der Waals surface area contributed by atoms with E-state index in [2.05, 4.69) is 4.72 Å². The number of hydrogen-bond acceptors (Lipinski definition) is 4. The highest BCUT2D eigenvalue weighted by atomic mass is 32.2. The maximum atomic E-state index is 13.6. The summed E-state index contributed by atoms with van der Waals surface area (Å²) in [4.78, 5) is 11.0. The van der Waals surface area contributed by atoms with Crippen molar-refractivity contribution < 1.29 is 26.7 Å². The summed E-state index contributed by atoms with van der Waals surface area (Å²) < 4.78 is 57.9. The highest BCUT2D eigenvalue weighted by molar-refractivity contribution is 7.92. The van der Waals surface area contributed by atoms with Crippen LogP contribution in [0.5, 0.6) is 0 Å². The van der Waals surface area contributed by atoms with Crippen LogP contribution < -0.4 is 4.72 Å². The second-order valence-corrected chi connectivity index (χ2v) is 6.54. The quantitative estimate of drug-likeness (QED) is 0.807. The molecule has 0 heterocycles. The largest absolute Gasteiger partial charge is 0.462 e. The number of carbonyl (C=O) groups is 1. The van der Waals surface area contributed by atoms with E-state index in [9.17, 15) is 22.0 Å². The molecule has 0 aliphatic heterocycles. The number of anilines is 1. The molecule has 0 radical (unpaired) electrons. The maximum absolute atomic E-state index is 13.6. The Hall–Kier alpha value is -2.48. The molecule has 0 aliphatic carbocycles. The minimum absolute atomic E-state index is 0.130. The van der Waals surface area contributed by atoms with Gasteiger partial charge in [-0.15, -0.1) is 0 Å². The molecule has 2 aromatic rings. The van der Waals surface area contributed by atoms with E-state index >= 15 is 0 Å². The molecule has 0 bridgehead atoms. The monoisotopic (exact) mass is 355 g/mol. The summed E-state index contributed by atoms with van der Waals surface area (Å²) in [7, 11) is -4.22. The lowest BCUT2D eigenvalue weighted by atomic mass is 10.2. The average Bonchev–Trinajstić information content (AvgIpc) is 2.52. The summed E-state index contributed by atoms with van der Waals surface area (Å²) in [5.41, 5.74) is 0.394. The molecule has 0 aliphatic rings. The van der Waals surface area contributed by atoms with E-state index in [1.54, 1.807) is 0 Å². The fourth-order valence-electron chi connectivity index (χ4n) is 1.86. The molecule has 8 heteroatoms. The van der Waals surface area contributed by atoms with E-state index in [1.807, 2.05) is 6.92 Å². The lowest BCUT2D eigenvalue weighted by Crippen LogP contribution is -2.15. The predicted octanol–water partition coefficient (Wildman–Crippen LogP) is 3.33. The van der Waals surface area contributed by atoms with Crippen LogP contribution in [0.3, 0.4) is 0 Å². The highest BCUT2D eigenvalue weighted by Crippen LogP contribution is 2.20. The first-order valence-electron chi connectivity index (χ1n) is 7.08. The third-order valence-corrected chi connectivity index (χ3v) is 4.41. The number of rotatable bonds is 6. The Kier molecular flexibility index (Phi) is 5.50. The van der Waals surface area contributed by atoms with Gasteiger partial charge in [0.25, 0.3) is 10.0 Å².